The van der Waals surface area contributed by atoms with E-state index in [1.54, 1.807) is 30.8 Å². The molecule has 10 heteroatoms. The summed E-state index contributed by atoms with van der Waals surface area (Å²) in [7, 11) is 6.19. The standard InChI is InChI=1S/C23H25N5O5/c1-12-18(21(24)29)19(14-10-16(31-3)20(33-5)17(11-14)32-4)28-23(25-12)26-22(27-28)13-6-8-15(30-2)9-7-13/h6-11,19H,1-5H3,(H2,24,29)(H,25,26,27). The van der Waals surface area contributed by atoms with Crippen LogP contribution in [0, 0.1) is 0 Å². The fourth-order valence-corrected chi connectivity index (χ4v) is 3.90. The van der Waals surface area contributed by atoms with Crippen LogP contribution in [0.25, 0.3) is 11.4 Å². The number of benzene rings is 2. The highest BCUT2D eigenvalue weighted by atomic mass is 16.5. The predicted octanol–water partition coefficient (Wildman–Crippen LogP) is 2.75. The van der Waals surface area contributed by atoms with E-state index in [9.17, 15) is 4.79 Å². The number of hydrogen-bond donors (Lipinski definition) is 2. The Kier molecular flexibility index (Phi) is 5.82. The van der Waals surface area contributed by atoms with E-state index in [-0.39, 0.29) is 0 Å². The lowest BCUT2D eigenvalue weighted by atomic mass is 9.94. The number of nitrogens with two attached hydrogens (primary N) is 1. The summed E-state index contributed by atoms with van der Waals surface area (Å²) in [6.07, 6.45) is 0. The van der Waals surface area contributed by atoms with Crippen LogP contribution in [0.3, 0.4) is 0 Å². The first-order valence-corrected chi connectivity index (χ1v) is 10.1. The Bertz CT molecular complexity index is 1210. The number of hydrogen-bond acceptors (Lipinski definition) is 8. The zero-order chi connectivity index (χ0) is 23.7. The Labute approximate surface area is 190 Å². The molecule has 33 heavy (non-hydrogen) atoms. The summed E-state index contributed by atoms with van der Waals surface area (Å²) in [6, 6.07) is 10.3. The van der Waals surface area contributed by atoms with Gasteiger partial charge in [-0.1, -0.05) is 0 Å². The smallest absolute Gasteiger partial charge is 0.248 e. The molecule has 1 amide bonds. The molecule has 0 spiro atoms. The average Bonchev–Trinajstić information content (AvgIpc) is 3.25. The highest BCUT2D eigenvalue weighted by molar-refractivity contribution is 5.95. The number of amides is 1. The zero-order valence-electron chi connectivity index (χ0n) is 19.0. The van der Waals surface area contributed by atoms with Crippen LogP contribution < -0.4 is 30.0 Å². The van der Waals surface area contributed by atoms with Crippen LogP contribution in [0.2, 0.25) is 0 Å². The highest BCUT2D eigenvalue weighted by Gasteiger charge is 2.34. The number of methoxy groups -OCH3 is 4. The molecule has 4 rings (SSSR count). The molecule has 3 N–H and O–H groups in total. The summed E-state index contributed by atoms with van der Waals surface area (Å²) in [4.78, 5) is 17.1. The molecular weight excluding hydrogens is 426 g/mol. The molecule has 1 aromatic heterocycles. The van der Waals surface area contributed by atoms with Gasteiger partial charge in [0.1, 0.15) is 11.8 Å². The van der Waals surface area contributed by atoms with Crippen LogP contribution in [-0.2, 0) is 4.79 Å². The van der Waals surface area contributed by atoms with Crippen LogP contribution in [-0.4, -0.2) is 49.1 Å². The lowest BCUT2D eigenvalue weighted by Gasteiger charge is -2.28. The Morgan fingerprint density at radius 1 is 1.00 bits per heavy atom. The molecule has 1 atom stereocenters. The van der Waals surface area contributed by atoms with E-state index in [2.05, 4.69) is 10.3 Å². The van der Waals surface area contributed by atoms with Crippen molar-refractivity contribution >= 4 is 11.9 Å². The fraction of sp³-hybridized carbons (Fsp3) is 0.261. The summed E-state index contributed by atoms with van der Waals surface area (Å²) in [5.74, 6) is 2.44. The van der Waals surface area contributed by atoms with Crippen molar-refractivity contribution in [1.29, 1.82) is 0 Å². The van der Waals surface area contributed by atoms with Crippen molar-refractivity contribution in [3.05, 3.63) is 53.2 Å². The summed E-state index contributed by atoms with van der Waals surface area (Å²) < 4.78 is 23.3. The van der Waals surface area contributed by atoms with E-state index in [1.807, 2.05) is 24.3 Å². The van der Waals surface area contributed by atoms with Gasteiger partial charge in [-0.2, -0.15) is 4.98 Å². The molecular formula is C23H25N5O5. The van der Waals surface area contributed by atoms with Crippen molar-refractivity contribution in [1.82, 2.24) is 14.8 Å². The molecule has 0 aliphatic carbocycles. The average molecular weight is 451 g/mol. The molecule has 0 radical (unpaired) electrons. The number of primary amides is 1. The van der Waals surface area contributed by atoms with Crippen LogP contribution in [0.4, 0.5) is 5.95 Å². The monoisotopic (exact) mass is 451 g/mol. The van der Waals surface area contributed by atoms with E-state index < -0.39 is 11.9 Å². The molecule has 0 saturated carbocycles. The summed E-state index contributed by atoms with van der Waals surface area (Å²) >= 11 is 0. The molecule has 0 bridgehead atoms. The quantitative estimate of drug-likeness (QED) is 0.562. The Morgan fingerprint density at radius 3 is 2.15 bits per heavy atom. The minimum absolute atomic E-state index is 0.350. The second-order valence-corrected chi connectivity index (χ2v) is 7.32. The number of nitrogens with one attached hydrogen (secondary N) is 1. The molecule has 1 aliphatic heterocycles. The van der Waals surface area contributed by atoms with Gasteiger partial charge in [0.05, 0.1) is 34.0 Å². The van der Waals surface area contributed by atoms with Crippen molar-refractivity contribution in [2.45, 2.75) is 13.0 Å². The first-order chi connectivity index (χ1) is 15.9. The van der Waals surface area contributed by atoms with Crippen molar-refractivity contribution in [3.63, 3.8) is 0 Å². The lowest BCUT2D eigenvalue weighted by molar-refractivity contribution is -0.115. The molecule has 172 valence electrons. The topological polar surface area (TPSA) is 123 Å². The van der Waals surface area contributed by atoms with Gasteiger partial charge in [0.2, 0.25) is 17.6 Å². The van der Waals surface area contributed by atoms with Crippen molar-refractivity contribution in [2.24, 2.45) is 5.73 Å². The summed E-state index contributed by atoms with van der Waals surface area (Å²) in [6.45, 7) is 1.77. The third-order valence-electron chi connectivity index (χ3n) is 5.47. The van der Waals surface area contributed by atoms with Gasteiger partial charge in [-0.3, -0.25) is 4.79 Å². The maximum Gasteiger partial charge on any atom is 0.248 e. The first-order valence-electron chi connectivity index (χ1n) is 10.1. The predicted molar refractivity (Wildman–Crippen MR) is 122 cm³/mol. The van der Waals surface area contributed by atoms with E-state index in [1.165, 1.54) is 21.3 Å². The van der Waals surface area contributed by atoms with Gasteiger partial charge in [-0.15, -0.1) is 5.10 Å². The molecule has 10 nitrogen and oxygen atoms in total. The number of carbonyl (C=O) groups excluding carboxylic acids is 1. The second-order valence-electron chi connectivity index (χ2n) is 7.32. The SMILES string of the molecule is COc1ccc(-c2nc3n(n2)C(c2cc(OC)c(OC)c(OC)c2)C(C(N)=O)=C(C)N3)cc1. The first kappa shape index (κ1) is 22.0. The van der Waals surface area contributed by atoms with Gasteiger partial charge in [0, 0.05) is 11.3 Å². The molecule has 1 aliphatic rings. The van der Waals surface area contributed by atoms with E-state index in [0.29, 0.717) is 45.9 Å². The minimum atomic E-state index is -0.660. The number of fused-ring (bicyclic) bond motifs is 1. The van der Waals surface area contributed by atoms with Crippen molar-refractivity contribution in [3.8, 4) is 34.4 Å². The number of nitrogens with zero attached hydrogens (tertiary/aromatic N) is 3. The van der Waals surface area contributed by atoms with Crippen molar-refractivity contribution in [2.75, 3.05) is 33.8 Å². The molecule has 0 fully saturated rings. The van der Waals surface area contributed by atoms with E-state index >= 15 is 0 Å². The Balaban J connectivity index is 1.90. The molecule has 2 heterocycles. The minimum Gasteiger partial charge on any atom is -0.497 e. The Hall–Kier alpha value is -4.21. The largest absolute Gasteiger partial charge is 0.497 e. The van der Waals surface area contributed by atoms with Gasteiger partial charge in [-0.25, -0.2) is 4.68 Å². The van der Waals surface area contributed by atoms with Gasteiger partial charge < -0.3 is 30.0 Å². The summed E-state index contributed by atoms with van der Waals surface area (Å²) in [5.41, 5.74) is 8.19. The van der Waals surface area contributed by atoms with Crippen LogP contribution >= 0.6 is 0 Å². The maximum atomic E-state index is 12.5. The molecule has 3 aromatic rings. The number of anilines is 1. The number of ether oxygens (including phenoxy) is 4. The molecule has 2 aromatic carbocycles. The Morgan fingerprint density at radius 2 is 1.64 bits per heavy atom. The van der Waals surface area contributed by atoms with Crippen molar-refractivity contribution < 1.29 is 23.7 Å². The van der Waals surface area contributed by atoms with Gasteiger partial charge >= 0.3 is 0 Å². The third-order valence-corrected chi connectivity index (χ3v) is 5.47. The number of aromatic nitrogens is 3. The second kappa shape index (κ2) is 8.73. The summed E-state index contributed by atoms with van der Waals surface area (Å²) in [5, 5.41) is 7.84. The highest BCUT2D eigenvalue weighted by Crippen LogP contribution is 2.44. The fourth-order valence-electron chi connectivity index (χ4n) is 3.90. The van der Waals surface area contributed by atoms with E-state index in [0.717, 1.165) is 11.3 Å². The maximum absolute atomic E-state index is 12.5. The lowest BCUT2D eigenvalue weighted by Crippen LogP contribution is -2.31. The van der Waals surface area contributed by atoms with Gasteiger partial charge in [0.15, 0.2) is 17.3 Å². The number of carbonyl (C=O) groups is 1. The number of rotatable bonds is 7. The van der Waals surface area contributed by atoms with Crippen LogP contribution in [0.5, 0.6) is 23.0 Å². The zero-order valence-corrected chi connectivity index (χ0v) is 19.0. The normalized spacial score (nSPS) is 14.9. The van der Waals surface area contributed by atoms with E-state index in [4.69, 9.17) is 29.8 Å². The van der Waals surface area contributed by atoms with Crippen LogP contribution in [0.15, 0.2) is 47.7 Å². The third kappa shape index (κ3) is 3.79. The van der Waals surface area contributed by atoms with Gasteiger partial charge in [-0.05, 0) is 48.9 Å². The number of allylic oxidation sites excluding steroid dienone is 1. The molecule has 1 unspecified atom stereocenters. The molecule has 0 saturated heterocycles. The van der Waals surface area contributed by atoms with Gasteiger partial charge in [0.25, 0.3) is 0 Å². The van der Waals surface area contributed by atoms with Crippen LogP contribution in [0.1, 0.15) is 18.5 Å².